The first-order valence-corrected chi connectivity index (χ1v) is 3.95. The highest BCUT2D eigenvalue weighted by Gasteiger charge is 1.88. The molecule has 68 valence electrons. The summed E-state index contributed by atoms with van der Waals surface area (Å²) in [6, 6.07) is 7.87. The van der Waals surface area contributed by atoms with Crippen molar-refractivity contribution in [1.82, 2.24) is 0 Å². The van der Waals surface area contributed by atoms with Gasteiger partial charge < -0.3 is 4.84 Å². The van der Waals surface area contributed by atoms with Gasteiger partial charge in [0.15, 0.2) is 0 Å². The summed E-state index contributed by atoms with van der Waals surface area (Å²) >= 11 is 0. The van der Waals surface area contributed by atoms with Gasteiger partial charge in [0, 0.05) is 13.3 Å². The Balaban J connectivity index is 2.75. The van der Waals surface area contributed by atoms with Gasteiger partial charge in [-0.3, -0.25) is 4.99 Å². The summed E-state index contributed by atoms with van der Waals surface area (Å²) in [4.78, 5) is 8.48. The summed E-state index contributed by atoms with van der Waals surface area (Å²) in [6.45, 7) is 0. The predicted octanol–water partition coefficient (Wildman–Crippen LogP) is 1.72. The van der Waals surface area contributed by atoms with Crippen molar-refractivity contribution in [2.75, 3.05) is 14.2 Å². The van der Waals surface area contributed by atoms with Crippen LogP contribution in [0.5, 0.6) is 0 Å². The second kappa shape index (κ2) is 5.09. The molecule has 0 radical (unpaired) electrons. The molecule has 0 aliphatic heterocycles. The van der Waals surface area contributed by atoms with Gasteiger partial charge >= 0.3 is 0 Å². The SMILES string of the molecule is CN=Cc1ccc(/C=N/OC)cc1. The molecule has 0 spiro atoms. The van der Waals surface area contributed by atoms with Crippen molar-refractivity contribution in [2.24, 2.45) is 10.1 Å². The van der Waals surface area contributed by atoms with E-state index in [0.717, 1.165) is 11.1 Å². The van der Waals surface area contributed by atoms with Crippen molar-refractivity contribution in [3.8, 4) is 0 Å². The van der Waals surface area contributed by atoms with Gasteiger partial charge in [0.25, 0.3) is 0 Å². The molecule has 0 saturated heterocycles. The van der Waals surface area contributed by atoms with Crippen LogP contribution in [0.3, 0.4) is 0 Å². The fourth-order valence-electron chi connectivity index (χ4n) is 0.931. The fraction of sp³-hybridized carbons (Fsp3) is 0.200. The Morgan fingerprint density at radius 1 is 1.08 bits per heavy atom. The number of rotatable bonds is 3. The number of hydrogen-bond donors (Lipinski definition) is 0. The molecule has 3 nitrogen and oxygen atoms in total. The lowest BCUT2D eigenvalue weighted by Crippen LogP contribution is -1.84. The van der Waals surface area contributed by atoms with Crippen LogP contribution < -0.4 is 0 Å². The van der Waals surface area contributed by atoms with Gasteiger partial charge in [0.1, 0.15) is 7.11 Å². The lowest BCUT2D eigenvalue weighted by molar-refractivity contribution is 0.215. The maximum atomic E-state index is 4.57. The Kier molecular flexibility index (Phi) is 3.70. The van der Waals surface area contributed by atoms with Crippen molar-refractivity contribution in [3.05, 3.63) is 35.4 Å². The normalized spacial score (nSPS) is 11.2. The third-order valence-corrected chi connectivity index (χ3v) is 1.52. The van der Waals surface area contributed by atoms with Gasteiger partial charge in [-0.25, -0.2) is 0 Å². The van der Waals surface area contributed by atoms with Gasteiger partial charge in [0.05, 0.1) is 6.21 Å². The highest BCUT2D eigenvalue weighted by atomic mass is 16.6. The molecule has 0 bridgehead atoms. The molecule has 0 N–H and O–H groups in total. The van der Waals surface area contributed by atoms with Gasteiger partial charge in [-0.15, -0.1) is 0 Å². The number of benzene rings is 1. The van der Waals surface area contributed by atoms with Crippen molar-refractivity contribution in [1.29, 1.82) is 0 Å². The Hall–Kier alpha value is -1.64. The van der Waals surface area contributed by atoms with Crippen LogP contribution in [0, 0.1) is 0 Å². The molecule has 0 aromatic heterocycles. The van der Waals surface area contributed by atoms with Gasteiger partial charge in [0.2, 0.25) is 0 Å². The maximum Gasteiger partial charge on any atom is 0.106 e. The lowest BCUT2D eigenvalue weighted by atomic mass is 10.2. The van der Waals surface area contributed by atoms with Crippen LogP contribution in [0.1, 0.15) is 11.1 Å². The van der Waals surface area contributed by atoms with Crippen LogP contribution in [0.2, 0.25) is 0 Å². The topological polar surface area (TPSA) is 34.0 Å². The van der Waals surface area contributed by atoms with Gasteiger partial charge in [-0.1, -0.05) is 29.4 Å². The minimum absolute atomic E-state index is 1.01. The Bertz CT molecular complexity index is 301. The first-order valence-electron chi connectivity index (χ1n) is 3.95. The van der Waals surface area contributed by atoms with E-state index in [2.05, 4.69) is 15.0 Å². The zero-order valence-corrected chi connectivity index (χ0v) is 7.77. The summed E-state index contributed by atoms with van der Waals surface area (Å²) in [6.07, 6.45) is 3.46. The smallest absolute Gasteiger partial charge is 0.106 e. The van der Waals surface area contributed by atoms with E-state index >= 15 is 0 Å². The molecule has 0 heterocycles. The van der Waals surface area contributed by atoms with Crippen molar-refractivity contribution in [3.63, 3.8) is 0 Å². The minimum Gasteiger partial charge on any atom is -0.399 e. The molecule has 1 rings (SSSR count). The van der Waals surface area contributed by atoms with Gasteiger partial charge in [-0.2, -0.15) is 0 Å². The van der Waals surface area contributed by atoms with Crippen LogP contribution in [0.25, 0.3) is 0 Å². The summed E-state index contributed by atoms with van der Waals surface area (Å²) in [7, 11) is 3.27. The van der Waals surface area contributed by atoms with E-state index in [1.165, 1.54) is 7.11 Å². The molecule has 0 fully saturated rings. The summed E-state index contributed by atoms with van der Waals surface area (Å²) in [5.74, 6) is 0. The molecule has 0 aliphatic carbocycles. The fourth-order valence-corrected chi connectivity index (χ4v) is 0.931. The van der Waals surface area contributed by atoms with Crippen molar-refractivity contribution < 1.29 is 4.84 Å². The third-order valence-electron chi connectivity index (χ3n) is 1.52. The average Bonchev–Trinajstić information content (AvgIpc) is 2.17. The summed E-state index contributed by atoms with van der Waals surface area (Å²) in [5.41, 5.74) is 2.09. The number of hydrogen-bond acceptors (Lipinski definition) is 3. The monoisotopic (exact) mass is 176 g/mol. The second-order valence-electron chi connectivity index (χ2n) is 2.47. The molecule has 0 amide bonds. The molecular formula is C10H12N2O. The average molecular weight is 176 g/mol. The second-order valence-corrected chi connectivity index (χ2v) is 2.47. The Labute approximate surface area is 77.7 Å². The van der Waals surface area contributed by atoms with Crippen LogP contribution in [-0.2, 0) is 4.84 Å². The van der Waals surface area contributed by atoms with Gasteiger partial charge in [-0.05, 0) is 11.1 Å². The zero-order chi connectivity index (χ0) is 9.52. The molecule has 0 saturated carbocycles. The summed E-state index contributed by atoms with van der Waals surface area (Å²) in [5, 5.41) is 3.66. The van der Waals surface area contributed by atoms with Crippen LogP contribution >= 0.6 is 0 Å². The number of aliphatic imine (C=N–C) groups is 1. The van der Waals surface area contributed by atoms with E-state index in [1.807, 2.05) is 24.3 Å². The largest absolute Gasteiger partial charge is 0.399 e. The van der Waals surface area contributed by atoms with E-state index < -0.39 is 0 Å². The van der Waals surface area contributed by atoms with E-state index in [-0.39, 0.29) is 0 Å². The molecule has 1 aromatic carbocycles. The first-order chi connectivity index (χ1) is 6.36. The maximum absolute atomic E-state index is 4.57. The van der Waals surface area contributed by atoms with Crippen molar-refractivity contribution >= 4 is 12.4 Å². The molecule has 0 aliphatic rings. The van der Waals surface area contributed by atoms with Crippen molar-refractivity contribution in [2.45, 2.75) is 0 Å². The predicted molar refractivity (Wildman–Crippen MR) is 54.6 cm³/mol. The lowest BCUT2D eigenvalue weighted by Gasteiger charge is -1.93. The number of oxime groups is 1. The van der Waals surface area contributed by atoms with Crippen LogP contribution in [0.4, 0.5) is 0 Å². The zero-order valence-electron chi connectivity index (χ0n) is 7.77. The highest BCUT2D eigenvalue weighted by molar-refractivity contribution is 5.83. The molecule has 1 aromatic rings. The quantitative estimate of drug-likeness (QED) is 0.510. The minimum atomic E-state index is 1.01. The van der Waals surface area contributed by atoms with E-state index in [0.29, 0.717) is 0 Å². The molecule has 13 heavy (non-hydrogen) atoms. The first kappa shape index (κ1) is 9.45. The Morgan fingerprint density at radius 3 is 2.08 bits per heavy atom. The highest BCUT2D eigenvalue weighted by Crippen LogP contribution is 1.99. The van der Waals surface area contributed by atoms with Crippen LogP contribution in [0.15, 0.2) is 34.4 Å². The van der Waals surface area contributed by atoms with E-state index in [4.69, 9.17) is 0 Å². The Morgan fingerprint density at radius 2 is 1.62 bits per heavy atom. The molecule has 0 atom stereocenters. The summed E-state index contributed by atoms with van der Waals surface area (Å²) < 4.78 is 0. The third kappa shape index (κ3) is 3.07. The standard InChI is InChI=1S/C10H12N2O/c1-11-7-9-3-5-10(6-4-9)8-12-13-2/h3-8H,1-2H3/b11-7?,12-8+. The number of nitrogens with zero attached hydrogens (tertiary/aromatic N) is 2. The molecule has 3 heteroatoms. The van der Waals surface area contributed by atoms with E-state index in [1.54, 1.807) is 19.5 Å². The molecule has 0 unspecified atom stereocenters. The van der Waals surface area contributed by atoms with Crippen LogP contribution in [-0.4, -0.2) is 26.6 Å². The van der Waals surface area contributed by atoms with E-state index in [9.17, 15) is 0 Å². The molecular weight excluding hydrogens is 164 g/mol.